The van der Waals surface area contributed by atoms with Gasteiger partial charge in [-0.25, -0.2) is 8.78 Å². The standard InChI is InChI=1S/C12H12.C11H13F.C11H14.C10H13F.C10H14/c1-9-7-8-10(2)12-6-4-3-5-11(9)12;1-7-3-4-8(2)11(12)10(7)9-5-6-9;1-8-3-4-9(2)11(7-8)10-5-6-10;1-4-9-7(2)5-6-8(3)10(9)11;1-4-10-7-8(2)5-6-9(10)3/h3-8H,1-2H3;3-4,9H,5-6H2,1-2H3;3-4,7,10H,5-6H2,1-2H3;5-6H,4H2,1-3H3;5-7H,4H2,1-3H3. The predicted molar refractivity (Wildman–Crippen MR) is 240 cm³/mol. The number of aryl methyl sites for hydroxylation is 11. The van der Waals surface area contributed by atoms with E-state index in [9.17, 15) is 8.78 Å². The van der Waals surface area contributed by atoms with Crippen LogP contribution in [0, 0.1) is 80.9 Å². The van der Waals surface area contributed by atoms with Crippen molar-refractivity contribution in [3.05, 3.63) is 187 Å². The lowest BCUT2D eigenvalue weighted by molar-refractivity contribution is 0.599. The Labute approximate surface area is 338 Å². The van der Waals surface area contributed by atoms with Gasteiger partial charge in [0.15, 0.2) is 0 Å². The van der Waals surface area contributed by atoms with Crippen LogP contribution in [0.15, 0.2) is 97.1 Å². The summed E-state index contributed by atoms with van der Waals surface area (Å²) in [5.74, 6) is 1.41. The molecule has 0 aromatic heterocycles. The van der Waals surface area contributed by atoms with Gasteiger partial charge in [0.1, 0.15) is 11.6 Å². The van der Waals surface area contributed by atoms with Gasteiger partial charge in [0.2, 0.25) is 0 Å². The molecule has 2 saturated carbocycles. The Morgan fingerprint density at radius 1 is 0.429 bits per heavy atom. The molecule has 0 amide bonds. The van der Waals surface area contributed by atoms with Crippen LogP contribution in [0.2, 0.25) is 0 Å². The maximum Gasteiger partial charge on any atom is 0.129 e. The molecule has 6 aromatic carbocycles. The number of hydrogen-bond donors (Lipinski definition) is 0. The molecule has 0 spiro atoms. The lowest BCUT2D eigenvalue weighted by atomic mass is 10.0. The second-order valence-corrected chi connectivity index (χ2v) is 16.2. The van der Waals surface area contributed by atoms with Crippen molar-refractivity contribution in [2.45, 2.75) is 133 Å². The fourth-order valence-electron chi connectivity index (χ4n) is 7.32. The number of halogens is 2. The van der Waals surface area contributed by atoms with Crippen LogP contribution in [-0.4, -0.2) is 0 Å². The van der Waals surface area contributed by atoms with Gasteiger partial charge in [-0.1, -0.05) is 122 Å². The summed E-state index contributed by atoms with van der Waals surface area (Å²) in [5.41, 5.74) is 16.9. The van der Waals surface area contributed by atoms with Crippen LogP contribution in [-0.2, 0) is 12.8 Å². The molecule has 0 aliphatic heterocycles. The summed E-state index contributed by atoms with van der Waals surface area (Å²) in [7, 11) is 0. The predicted octanol–water partition coefficient (Wildman–Crippen LogP) is 15.8. The summed E-state index contributed by atoms with van der Waals surface area (Å²) in [6, 6.07) is 34.0. The van der Waals surface area contributed by atoms with Crippen LogP contribution in [0.3, 0.4) is 0 Å². The van der Waals surface area contributed by atoms with Crippen molar-refractivity contribution in [2.75, 3.05) is 0 Å². The normalized spacial score (nSPS) is 12.9. The Morgan fingerprint density at radius 3 is 1.36 bits per heavy atom. The van der Waals surface area contributed by atoms with Crippen LogP contribution in [0.1, 0.15) is 129 Å². The molecule has 2 aliphatic carbocycles. The summed E-state index contributed by atoms with van der Waals surface area (Å²) in [6.45, 7) is 24.7. The van der Waals surface area contributed by atoms with E-state index in [2.05, 4.69) is 121 Å². The van der Waals surface area contributed by atoms with Crippen molar-refractivity contribution in [1.29, 1.82) is 0 Å². The second kappa shape index (κ2) is 20.6. The molecule has 0 nitrogen and oxygen atoms in total. The molecule has 0 atom stereocenters. The lowest BCUT2D eigenvalue weighted by Crippen LogP contribution is -1.94. The van der Waals surface area contributed by atoms with Crippen molar-refractivity contribution in [3.8, 4) is 0 Å². The van der Waals surface area contributed by atoms with Crippen molar-refractivity contribution in [2.24, 2.45) is 0 Å². The maximum absolute atomic E-state index is 13.6. The van der Waals surface area contributed by atoms with Gasteiger partial charge in [-0.05, 0) is 197 Å². The van der Waals surface area contributed by atoms with Gasteiger partial charge in [-0.3, -0.25) is 0 Å². The summed E-state index contributed by atoms with van der Waals surface area (Å²) in [6.07, 6.45) is 7.07. The average Bonchev–Trinajstić information content (AvgIpc) is 4.13. The van der Waals surface area contributed by atoms with Crippen LogP contribution in [0.5, 0.6) is 0 Å². The van der Waals surface area contributed by atoms with E-state index in [-0.39, 0.29) is 11.6 Å². The topological polar surface area (TPSA) is 0 Å². The average molecular weight is 753 g/mol. The van der Waals surface area contributed by atoms with Crippen LogP contribution in [0.25, 0.3) is 10.8 Å². The van der Waals surface area contributed by atoms with E-state index in [1.54, 1.807) is 12.5 Å². The fourth-order valence-corrected chi connectivity index (χ4v) is 7.32. The number of benzene rings is 6. The first-order valence-electron chi connectivity index (χ1n) is 20.7. The van der Waals surface area contributed by atoms with E-state index in [0.717, 1.165) is 52.1 Å². The Kier molecular flexibility index (Phi) is 16.2. The third-order valence-corrected chi connectivity index (χ3v) is 11.3. The molecular formula is C54H66F2. The third-order valence-electron chi connectivity index (χ3n) is 11.3. The van der Waals surface area contributed by atoms with Crippen molar-refractivity contribution in [3.63, 3.8) is 0 Å². The largest absolute Gasteiger partial charge is 0.206 e. The molecule has 296 valence electrons. The van der Waals surface area contributed by atoms with Gasteiger partial charge in [-0.2, -0.15) is 0 Å². The van der Waals surface area contributed by atoms with Crippen molar-refractivity contribution < 1.29 is 8.78 Å². The summed E-state index contributed by atoms with van der Waals surface area (Å²) < 4.78 is 26.8. The zero-order valence-corrected chi connectivity index (χ0v) is 36.4. The van der Waals surface area contributed by atoms with Crippen molar-refractivity contribution in [1.82, 2.24) is 0 Å². The van der Waals surface area contributed by atoms with Crippen LogP contribution < -0.4 is 0 Å². The number of fused-ring (bicyclic) bond motifs is 1. The van der Waals surface area contributed by atoms with E-state index in [1.807, 2.05) is 52.0 Å². The minimum atomic E-state index is -0.0347. The van der Waals surface area contributed by atoms with E-state index < -0.39 is 0 Å². The zero-order valence-electron chi connectivity index (χ0n) is 36.4. The first kappa shape index (κ1) is 44.2. The molecule has 0 heterocycles. The first-order chi connectivity index (χ1) is 26.7. The highest BCUT2D eigenvalue weighted by atomic mass is 19.1. The molecule has 0 unspecified atom stereocenters. The first-order valence-corrected chi connectivity index (χ1v) is 20.7. The lowest BCUT2D eigenvalue weighted by Gasteiger charge is -2.07. The van der Waals surface area contributed by atoms with Gasteiger partial charge in [0, 0.05) is 0 Å². The molecule has 2 heteroatoms. The van der Waals surface area contributed by atoms with Gasteiger partial charge >= 0.3 is 0 Å². The quantitative estimate of drug-likeness (QED) is 0.168. The second-order valence-electron chi connectivity index (χ2n) is 16.2. The SMILES string of the molecule is CCc1c(C)ccc(C)c1F.CCc1cc(C)ccc1C.Cc1ccc(C)c(C2CC2)c1.Cc1ccc(C)c(C2CC2)c1F.Cc1ccc(C)c2ccccc12. The van der Waals surface area contributed by atoms with Gasteiger partial charge < -0.3 is 0 Å². The summed E-state index contributed by atoms with van der Waals surface area (Å²) in [4.78, 5) is 0. The summed E-state index contributed by atoms with van der Waals surface area (Å²) >= 11 is 0. The zero-order chi connectivity index (χ0) is 41.1. The molecular weight excluding hydrogens is 687 g/mol. The highest BCUT2D eigenvalue weighted by Gasteiger charge is 2.28. The van der Waals surface area contributed by atoms with E-state index in [0.29, 0.717) is 5.92 Å². The molecule has 6 aromatic rings. The Morgan fingerprint density at radius 2 is 0.875 bits per heavy atom. The minimum absolute atomic E-state index is 0.0255. The highest BCUT2D eigenvalue weighted by molar-refractivity contribution is 5.88. The third kappa shape index (κ3) is 12.2. The van der Waals surface area contributed by atoms with E-state index in [1.165, 1.54) is 75.4 Å². The molecule has 0 bridgehead atoms. The van der Waals surface area contributed by atoms with Crippen LogP contribution >= 0.6 is 0 Å². The molecule has 2 aliphatic rings. The molecule has 0 radical (unpaired) electrons. The molecule has 56 heavy (non-hydrogen) atoms. The highest BCUT2D eigenvalue weighted by Crippen LogP contribution is 2.43. The number of rotatable bonds is 4. The number of hydrogen-bond acceptors (Lipinski definition) is 0. The Hall–Kier alpha value is -4.56. The Balaban J connectivity index is 0.000000156. The van der Waals surface area contributed by atoms with Crippen molar-refractivity contribution >= 4 is 10.8 Å². The van der Waals surface area contributed by atoms with E-state index in [4.69, 9.17) is 0 Å². The van der Waals surface area contributed by atoms with Gasteiger partial charge in [-0.15, -0.1) is 0 Å². The molecule has 0 saturated heterocycles. The fraction of sp³-hybridized carbons (Fsp3) is 0.370. The van der Waals surface area contributed by atoms with Gasteiger partial charge in [0.05, 0.1) is 0 Å². The van der Waals surface area contributed by atoms with Gasteiger partial charge in [0.25, 0.3) is 0 Å². The molecule has 8 rings (SSSR count). The monoisotopic (exact) mass is 753 g/mol. The molecule has 0 N–H and O–H groups in total. The minimum Gasteiger partial charge on any atom is -0.206 e. The Bertz CT molecular complexity index is 2170. The smallest absolute Gasteiger partial charge is 0.129 e. The summed E-state index contributed by atoms with van der Waals surface area (Å²) in [5, 5.41) is 2.75. The van der Waals surface area contributed by atoms with Crippen LogP contribution in [0.4, 0.5) is 8.78 Å². The molecule has 2 fully saturated rings. The maximum atomic E-state index is 13.6. The van der Waals surface area contributed by atoms with E-state index >= 15 is 0 Å².